The molecule has 3 rings (SSSR count). The molecule has 0 bridgehead atoms. The average Bonchev–Trinajstić information content (AvgIpc) is 2.97. The molecule has 1 aliphatic heterocycles. The van der Waals surface area contributed by atoms with Gasteiger partial charge in [0, 0.05) is 30.9 Å². The average molecular weight is 356 g/mol. The molecule has 0 unspecified atom stereocenters. The highest BCUT2D eigenvalue weighted by Gasteiger charge is 2.15. The van der Waals surface area contributed by atoms with E-state index in [4.69, 9.17) is 9.47 Å². The van der Waals surface area contributed by atoms with E-state index in [2.05, 4.69) is 20.2 Å². The first-order valence-corrected chi connectivity index (χ1v) is 8.81. The van der Waals surface area contributed by atoms with Crippen molar-refractivity contribution in [2.24, 2.45) is 0 Å². The summed E-state index contributed by atoms with van der Waals surface area (Å²) in [6, 6.07) is 6.97. The van der Waals surface area contributed by atoms with Gasteiger partial charge in [-0.3, -0.25) is 4.79 Å². The highest BCUT2D eigenvalue weighted by atomic mass is 16.5. The van der Waals surface area contributed by atoms with Gasteiger partial charge in [-0.1, -0.05) is 12.8 Å². The third-order valence-electron chi connectivity index (χ3n) is 4.46. The molecule has 7 nitrogen and oxygen atoms in total. The lowest BCUT2D eigenvalue weighted by Gasteiger charge is -2.21. The van der Waals surface area contributed by atoms with E-state index in [1.54, 1.807) is 38.5 Å². The van der Waals surface area contributed by atoms with Gasteiger partial charge in [0.05, 0.1) is 14.2 Å². The number of hydrogen-bond donors (Lipinski definition) is 1. The van der Waals surface area contributed by atoms with Crippen LogP contribution in [0.2, 0.25) is 0 Å². The summed E-state index contributed by atoms with van der Waals surface area (Å²) in [6.07, 6.45) is 6.24. The molecular formula is C19H24N4O3. The van der Waals surface area contributed by atoms with Crippen molar-refractivity contribution in [3.63, 3.8) is 0 Å². The van der Waals surface area contributed by atoms with E-state index in [1.165, 1.54) is 19.2 Å². The van der Waals surface area contributed by atoms with Crippen LogP contribution in [0.3, 0.4) is 0 Å². The molecule has 1 saturated heterocycles. The van der Waals surface area contributed by atoms with Crippen LogP contribution in [0, 0.1) is 0 Å². The Bertz CT molecular complexity index is 758. The Labute approximate surface area is 153 Å². The third kappa shape index (κ3) is 4.22. The first-order chi connectivity index (χ1) is 12.7. The lowest BCUT2D eigenvalue weighted by atomic mass is 10.2. The first kappa shape index (κ1) is 18.0. The number of rotatable bonds is 5. The molecule has 0 radical (unpaired) electrons. The molecular weight excluding hydrogens is 332 g/mol. The number of nitrogens with one attached hydrogen (secondary N) is 1. The SMILES string of the molecule is COc1ccc(NC(=O)c2cc(N3CCCCCC3)ncn2)cc1OC. The number of carbonyl (C=O) groups excluding carboxylic acids is 1. The fourth-order valence-corrected chi connectivity index (χ4v) is 3.05. The summed E-state index contributed by atoms with van der Waals surface area (Å²) in [5.74, 6) is 1.68. The molecule has 0 spiro atoms. The number of amides is 1. The van der Waals surface area contributed by atoms with Gasteiger partial charge in [-0.05, 0) is 25.0 Å². The van der Waals surface area contributed by atoms with E-state index in [9.17, 15) is 4.79 Å². The summed E-state index contributed by atoms with van der Waals surface area (Å²) >= 11 is 0. The van der Waals surface area contributed by atoms with E-state index in [-0.39, 0.29) is 5.91 Å². The van der Waals surface area contributed by atoms with Crippen LogP contribution in [0.25, 0.3) is 0 Å². The predicted octanol–water partition coefficient (Wildman–Crippen LogP) is 3.13. The maximum absolute atomic E-state index is 12.6. The van der Waals surface area contributed by atoms with Gasteiger partial charge in [0.25, 0.3) is 5.91 Å². The second-order valence-electron chi connectivity index (χ2n) is 6.19. The minimum atomic E-state index is -0.282. The quantitative estimate of drug-likeness (QED) is 0.887. The van der Waals surface area contributed by atoms with E-state index in [0.29, 0.717) is 22.9 Å². The fraction of sp³-hybridized carbons (Fsp3) is 0.421. The Morgan fingerprint density at radius 1 is 1.00 bits per heavy atom. The zero-order chi connectivity index (χ0) is 18.4. The predicted molar refractivity (Wildman–Crippen MR) is 100 cm³/mol. The summed E-state index contributed by atoms with van der Waals surface area (Å²) in [7, 11) is 3.13. The molecule has 1 aromatic carbocycles. The summed E-state index contributed by atoms with van der Waals surface area (Å²) in [5, 5.41) is 2.84. The van der Waals surface area contributed by atoms with Gasteiger partial charge in [-0.25, -0.2) is 9.97 Å². The lowest BCUT2D eigenvalue weighted by Crippen LogP contribution is -2.25. The zero-order valence-corrected chi connectivity index (χ0v) is 15.2. The van der Waals surface area contributed by atoms with Gasteiger partial charge in [-0.2, -0.15) is 0 Å². The topological polar surface area (TPSA) is 76.6 Å². The molecule has 138 valence electrons. The number of ether oxygens (including phenoxy) is 2. The maximum atomic E-state index is 12.6. The monoisotopic (exact) mass is 356 g/mol. The Balaban J connectivity index is 1.74. The molecule has 1 aliphatic rings. The summed E-state index contributed by atoms with van der Waals surface area (Å²) in [5.41, 5.74) is 0.955. The molecule has 0 aliphatic carbocycles. The van der Waals surface area contributed by atoms with Crippen molar-refractivity contribution in [1.29, 1.82) is 0 Å². The molecule has 1 aromatic heterocycles. The molecule has 2 heterocycles. The highest BCUT2D eigenvalue weighted by molar-refractivity contribution is 6.03. The van der Waals surface area contributed by atoms with Gasteiger partial charge < -0.3 is 19.7 Å². The Morgan fingerprint density at radius 3 is 2.42 bits per heavy atom. The van der Waals surface area contributed by atoms with Crippen molar-refractivity contribution in [2.75, 3.05) is 37.5 Å². The van der Waals surface area contributed by atoms with Crippen LogP contribution in [-0.4, -0.2) is 43.2 Å². The van der Waals surface area contributed by atoms with Crippen LogP contribution < -0.4 is 19.7 Å². The smallest absolute Gasteiger partial charge is 0.274 e. The van der Waals surface area contributed by atoms with Gasteiger partial charge in [0.15, 0.2) is 11.5 Å². The number of nitrogens with zero attached hydrogens (tertiary/aromatic N) is 3. The third-order valence-corrected chi connectivity index (χ3v) is 4.46. The molecule has 0 atom stereocenters. The molecule has 26 heavy (non-hydrogen) atoms. The maximum Gasteiger partial charge on any atom is 0.274 e. The van der Waals surface area contributed by atoms with E-state index in [0.717, 1.165) is 31.7 Å². The summed E-state index contributed by atoms with van der Waals surface area (Å²) in [6.45, 7) is 1.93. The second-order valence-corrected chi connectivity index (χ2v) is 6.19. The van der Waals surface area contributed by atoms with Gasteiger partial charge >= 0.3 is 0 Å². The number of anilines is 2. The lowest BCUT2D eigenvalue weighted by molar-refractivity contribution is 0.102. The van der Waals surface area contributed by atoms with Gasteiger partial charge in [-0.15, -0.1) is 0 Å². The number of hydrogen-bond acceptors (Lipinski definition) is 6. The Morgan fingerprint density at radius 2 is 1.73 bits per heavy atom. The molecule has 2 aromatic rings. The summed E-state index contributed by atoms with van der Waals surface area (Å²) in [4.78, 5) is 23.3. The van der Waals surface area contributed by atoms with Crippen molar-refractivity contribution < 1.29 is 14.3 Å². The van der Waals surface area contributed by atoms with E-state index >= 15 is 0 Å². The van der Waals surface area contributed by atoms with Crippen LogP contribution in [0.4, 0.5) is 11.5 Å². The highest BCUT2D eigenvalue weighted by Crippen LogP contribution is 2.30. The summed E-state index contributed by atoms with van der Waals surface area (Å²) < 4.78 is 10.5. The number of aromatic nitrogens is 2. The van der Waals surface area contributed by atoms with Crippen molar-refractivity contribution in [1.82, 2.24) is 9.97 Å². The number of carbonyl (C=O) groups is 1. The van der Waals surface area contributed by atoms with E-state index in [1.807, 2.05) is 0 Å². The van der Waals surface area contributed by atoms with Gasteiger partial charge in [0.1, 0.15) is 17.8 Å². The fourth-order valence-electron chi connectivity index (χ4n) is 3.05. The van der Waals surface area contributed by atoms with Crippen molar-refractivity contribution >= 4 is 17.4 Å². The normalized spacial score (nSPS) is 14.5. The number of methoxy groups -OCH3 is 2. The van der Waals surface area contributed by atoms with Crippen LogP contribution >= 0.6 is 0 Å². The van der Waals surface area contributed by atoms with Crippen molar-refractivity contribution in [3.8, 4) is 11.5 Å². The second kappa shape index (κ2) is 8.51. The molecule has 0 saturated carbocycles. The van der Waals surface area contributed by atoms with Crippen LogP contribution in [0.5, 0.6) is 11.5 Å². The first-order valence-electron chi connectivity index (χ1n) is 8.81. The Hall–Kier alpha value is -2.83. The van der Waals surface area contributed by atoms with Crippen LogP contribution in [0.1, 0.15) is 36.2 Å². The molecule has 1 amide bonds. The zero-order valence-electron chi connectivity index (χ0n) is 15.2. The Kier molecular flexibility index (Phi) is 5.88. The van der Waals surface area contributed by atoms with Gasteiger partial charge in [0.2, 0.25) is 0 Å². The molecule has 1 fully saturated rings. The number of benzene rings is 1. The molecule has 1 N–H and O–H groups in total. The standard InChI is InChI=1S/C19H24N4O3/c1-25-16-8-7-14(11-17(16)26-2)22-19(24)15-12-18(21-13-20-15)23-9-5-3-4-6-10-23/h7-8,11-13H,3-6,9-10H2,1-2H3,(H,22,24). The minimum absolute atomic E-state index is 0.282. The van der Waals surface area contributed by atoms with Crippen molar-refractivity contribution in [2.45, 2.75) is 25.7 Å². The largest absolute Gasteiger partial charge is 0.493 e. The minimum Gasteiger partial charge on any atom is -0.493 e. The van der Waals surface area contributed by atoms with Crippen molar-refractivity contribution in [3.05, 3.63) is 36.3 Å². The van der Waals surface area contributed by atoms with Crippen LogP contribution in [-0.2, 0) is 0 Å². The van der Waals surface area contributed by atoms with E-state index < -0.39 is 0 Å². The van der Waals surface area contributed by atoms with Crippen LogP contribution in [0.15, 0.2) is 30.6 Å². The molecule has 7 heteroatoms.